The van der Waals surface area contributed by atoms with Gasteiger partial charge in [-0.3, -0.25) is 0 Å². The fraction of sp³-hybridized carbons (Fsp3) is 0.294. The Morgan fingerprint density at radius 1 is 0.952 bits per heavy atom. The molecule has 2 aromatic carbocycles. The second kappa shape index (κ2) is 7.67. The average molecular weight is 288 g/mol. The number of rotatable bonds is 7. The number of ether oxygens (including phenoxy) is 3. The molecule has 0 radical (unpaired) electrons. The Balaban J connectivity index is 2.19. The molecule has 0 saturated heterocycles. The molecular formula is C17H20O4. The number of para-hydroxylation sites is 1. The largest absolute Gasteiger partial charge is 0.497 e. The third kappa shape index (κ3) is 3.97. The Hall–Kier alpha value is -2.04. The van der Waals surface area contributed by atoms with E-state index in [1.807, 2.05) is 48.5 Å². The molecule has 0 heterocycles. The molecule has 0 spiro atoms. The van der Waals surface area contributed by atoms with Crippen LogP contribution >= 0.6 is 0 Å². The van der Waals surface area contributed by atoms with Crippen LogP contribution in [0.5, 0.6) is 11.5 Å². The van der Waals surface area contributed by atoms with E-state index in [0.29, 0.717) is 19.0 Å². The number of hydrogen-bond acceptors (Lipinski definition) is 4. The van der Waals surface area contributed by atoms with Crippen LogP contribution in [-0.2, 0) is 4.74 Å². The summed E-state index contributed by atoms with van der Waals surface area (Å²) < 4.78 is 15.8. The van der Waals surface area contributed by atoms with Gasteiger partial charge in [-0.1, -0.05) is 30.3 Å². The molecular weight excluding hydrogens is 268 g/mol. The zero-order valence-corrected chi connectivity index (χ0v) is 12.3. The van der Waals surface area contributed by atoms with Crippen molar-refractivity contribution in [2.24, 2.45) is 0 Å². The zero-order chi connectivity index (χ0) is 15.1. The lowest BCUT2D eigenvalue weighted by Crippen LogP contribution is -2.08. The molecule has 1 atom stereocenters. The van der Waals surface area contributed by atoms with E-state index in [0.717, 1.165) is 16.9 Å². The Bertz CT molecular complexity index is 551. The van der Waals surface area contributed by atoms with Gasteiger partial charge in [0, 0.05) is 12.7 Å². The van der Waals surface area contributed by atoms with Crippen molar-refractivity contribution in [1.82, 2.24) is 0 Å². The molecule has 0 aliphatic heterocycles. The van der Waals surface area contributed by atoms with Crippen molar-refractivity contribution in [3.05, 3.63) is 59.7 Å². The van der Waals surface area contributed by atoms with E-state index >= 15 is 0 Å². The van der Waals surface area contributed by atoms with Crippen molar-refractivity contribution in [3.8, 4) is 11.5 Å². The highest BCUT2D eigenvalue weighted by Gasteiger charge is 2.15. The van der Waals surface area contributed by atoms with Crippen LogP contribution in [0.1, 0.15) is 17.2 Å². The van der Waals surface area contributed by atoms with Gasteiger partial charge in [-0.25, -0.2) is 0 Å². The molecule has 0 amide bonds. The Morgan fingerprint density at radius 2 is 1.67 bits per heavy atom. The minimum Gasteiger partial charge on any atom is -0.497 e. The maximum absolute atomic E-state index is 10.5. The van der Waals surface area contributed by atoms with Crippen molar-refractivity contribution < 1.29 is 19.3 Å². The van der Waals surface area contributed by atoms with E-state index in [1.165, 1.54) is 0 Å². The molecule has 1 unspecified atom stereocenters. The van der Waals surface area contributed by atoms with Crippen LogP contribution in [0.25, 0.3) is 0 Å². The number of hydrogen-bond donors (Lipinski definition) is 1. The first-order valence-corrected chi connectivity index (χ1v) is 6.79. The fourth-order valence-corrected chi connectivity index (χ4v) is 2.04. The minimum absolute atomic E-state index is 0.447. The number of methoxy groups -OCH3 is 2. The summed E-state index contributed by atoms with van der Waals surface area (Å²) in [5.74, 6) is 1.42. The van der Waals surface area contributed by atoms with Crippen molar-refractivity contribution in [2.75, 3.05) is 27.4 Å². The Morgan fingerprint density at radius 3 is 2.33 bits per heavy atom. The summed E-state index contributed by atoms with van der Waals surface area (Å²) in [5, 5.41) is 10.5. The van der Waals surface area contributed by atoms with E-state index in [1.54, 1.807) is 14.2 Å². The Labute approximate surface area is 124 Å². The van der Waals surface area contributed by atoms with E-state index in [2.05, 4.69) is 0 Å². The smallest absolute Gasteiger partial charge is 0.125 e. The van der Waals surface area contributed by atoms with Gasteiger partial charge in [0.2, 0.25) is 0 Å². The first-order valence-electron chi connectivity index (χ1n) is 6.79. The molecule has 0 bridgehead atoms. The summed E-state index contributed by atoms with van der Waals surface area (Å²) in [6.45, 7) is 0.954. The number of aliphatic hydroxyl groups is 1. The van der Waals surface area contributed by atoms with E-state index in [9.17, 15) is 5.11 Å². The monoisotopic (exact) mass is 288 g/mol. The summed E-state index contributed by atoms with van der Waals surface area (Å²) in [6.07, 6.45) is -0.741. The number of aliphatic hydroxyl groups excluding tert-OH is 1. The normalized spacial score (nSPS) is 12.0. The summed E-state index contributed by atoms with van der Waals surface area (Å²) in [5.41, 5.74) is 1.53. The second-order valence-electron chi connectivity index (χ2n) is 4.55. The number of benzene rings is 2. The SMILES string of the molecule is COCCOc1ccccc1C(O)c1ccc(OC)cc1. The van der Waals surface area contributed by atoms with Crippen LogP contribution < -0.4 is 9.47 Å². The molecule has 2 rings (SSSR count). The molecule has 4 nitrogen and oxygen atoms in total. The standard InChI is InChI=1S/C17H20O4/c1-19-11-12-21-16-6-4-3-5-15(16)17(18)13-7-9-14(20-2)10-8-13/h3-10,17-18H,11-12H2,1-2H3. The first-order chi connectivity index (χ1) is 10.3. The van der Waals surface area contributed by atoms with Gasteiger partial charge in [-0.05, 0) is 23.8 Å². The predicted molar refractivity (Wildman–Crippen MR) is 80.9 cm³/mol. The van der Waals surface area contributed by atoms with Crippen molar-refractivity contribution in [1.29, 1.82) is 0 Å². The van der Waals surface area contributed by atoms with Crippen molar-refractivity contribution >= 4 is 0 Å². The van der Waals surface area contributed by atoms with Gasteiger partial charge in [0.1, 0.15) is 24.2 Å². The molecule has 0 aliphatic rings. The minimum atomic E-state index is -0.741. The second-order valence-corrected chi connectivity index (χ2v) is 4.55. The highest BCUT2D eigenvalue weighted by Crippen LogP contribution is 2.30. The molecule has 0 fully saturated rings. The molecule has 1 N–H and O–H groups in total. The van der Waals surface area contributed by atoms with Gasteiger partial charge in [0.15, 0.2) is 0 Å². The van der Waals surface area contributed by atoms with Crippen molar-refractivity contribution in [2.45, 2.75) is 6.10 Å². The third-order valence-electron chi connectivity index (χ3n) is 3.19. The van der Waals surface area contributed by atoms with E-state index < -0.39 is 6.10 Å². The van der Waals surface area contributed by atoms with Gasteiger partial charge in [-0.15, -0.1) is 0 Å². The third-order valence-corrected chi connectivity index (χ3v) is 3.19. The molecule has 4 heteroatoms. The van der Waals surface area contributed by atoms with Crippen LogP contribution in [-0.4, -0.2) is 32.5 Å². The molecule has 2 aromatic rings. The Kier molecular flexibility index (Phi) is 5.60. The van der Waals surface area contributed by atoms with Crippen LogP contribution in [0, 0.1) is 0 Å². The van der Waals surface area contributed by atoms with Crippen molar-refractivity contribution in [3.63, 3.8) is 0 Å². The van der Waals surface area contributed by atoms with E-state index in [4.69, 9.17) is 14.2 Å². The summed E-state index contributed by atoms with van der Waals surface area (Å²) in [4.78, 5) is 0. The van der Waals surface area contributed by atoms with Gasteiger partial charge >= 0.3 is 0 Å². The average Bonchev–Trinajstić information content (AvgIpc) is 2.55. The van der Waals surface area contributed by atoms with Crippen LogP contribution in [0.4, 0.5) is 0 Å². The van der Waals surface area contributed by atoms with Crippen LogP contribution in [0.2, 0.25) is 0 Å². The van der Waals surface area contributed by atoms with E-state index in [-0.39, 0.29) is 0 Å². The highest BCUT2D eigenvalue weighted by atomic mass is 16.5. The quantitative estimate of drug-likeness (QED) is 0.796. The molecule has 112 valence electrons. The predicted octanol–water partition coefficient (Wildman–Crippen LogP) is 2.80. The molecule has 0 saturated carbocycles. The maximum atomic E-state index is 10.5. The van der Waals surface area contributed by atoms with Crippen LogP contribution in [0.3, 0.4) is 0 Å². The first kappa shape index (κ1) is 15.4. The molecule has 0 aromatic heterocycles. The lowest BCUT2D eigenvalue weighted by molar-refractivity contribution is 0.142. The lowest BCUT2D eigenvalue weighted by Gasteiger charge is -2.16. The van der Waals surface area contributed by atoms with Gasteiger partial charge < -0.3 is 19.3 Å². The molecule has 21 heavy (non-hydrogen) atoms. The fourth-order valence-electron chi connectivity index (χ4n) is 2.04. The zero-order valence-electron chi connectivity index (χ0n) is 12.3. The highest BCUT2D eigenvalue weighted by molar-refractivity contribution is 5.41. The summed E-state index contributed by atoms with van der Waals surface area (Å²) >= 11 is 0. The summed E-state index contributed by atoms with van der Waals surface area (Å²) in [6, 6.07) is 14.8. The van der Waals surface area contributed by atoms with Gasteiger partial charge in [0.05, 0.1) is 13.7 Å². The lowest BCUT2D eigenvalue weighted by atomic mass is 10.0. The topological polar surface area (TPSA) is 47.9 Å². The van der Waals surface area contributed by atoms with Gasteiger partial charge in [-0.2, -0.15) is 0 Å². The summed E-state index contributed by atoms with van der Waals surface area (Å²) in [7, 11) is 3.24. The van der Waals surface area contributed by atoms with Gasteiger partial charge in [0.25, 0.3) is 0 Å². The maximum Gasteiger partial charge on any atom is 0.125 e. The van der Waals surface area contributed by atoms with Crippen LogP contribution in [0.15, 0.2) is 48.5 Å². The molecule has 0 aliphatic carbocycles.